The van der Waals surface area contributed by atoms with Gasteiger partial charge in [-0.25, -0.2) is 27.8 Å². The van der Waals surface area contributed by atoms with E-state index in [2.05, 4.69) is 40.7 Å². The van der Waals surface area contributed by atoms with Crippen LogP contribution in [0.4, 0.5) is 24.8 Å². The zero-order valence-electron chi connectivity index (χ0n) is 34.4. The van der Waals surface area contributed by atoms with Crippen LogP contribution >= 0.6 is 0 Å². The number of carbonyl (C=O) groups excluding carboxylic acids is 2. The number of aliphatic hydroxyl groups is 1. The molecule has 1 unspecified atom stereocenters. The highest BCUT2D eigenvalue weighted by atomic mass is 32.2. The zero-order valence-corrected chi connectivity index (χ0v) is 35.2. The van der Waals surface area contributed by atoms with Crippen molar-refractivity contribution in [3.8, 4) is 17.0 Å². The van der Waals surface area contributed by atoms with Gasteiger partial charge in [0.2, 0.25) is 27.8 Å². The smallest absolute Gasteiger partial charge is 0.419 e. The molecule has 0 spiro atoms. The number of imide groups is 1. The standard InChI is InChI=1S/C40H47F3N10O9S/c1-39(2,56)26-53-23-28(21-45-53)36-34(40(41,42)43)22-44-38(49-36)47-29-6-8-32(9-7-29)63(57,58)46-12-14-61-25-30-24-52(51-50-30)13-15-59-16-17-60-18-19-62-31-5-3-4-27(20-31)33-10-11-35(54)48-37(33)55/h3-9,20-24,33,46,56H,10-19,25-26H2,1-2H3,(H,44,47,49)(H,48,54,55). The first-order chi connectivity index (χ1) is 30.0. The third kappa shape index (κ3) is 14.1. The third-order valence-electron chi connectivity index (χ3n) is 9.18. The molecule has 1 atom stereocenters. The first kappa shape index (κ1) is 46.6. The van der Waals surface area contributed by atoms with Gasteiger partial charge in [0.15, 0.2) is 0 Å². The summed E-state index contributed by atoms with van der Waals surface area (Å²) in [7, 11) is -3.93. The Labute approximate surface area is 360 Å². The number of halogens is 3. The number of piperidine rings is 1. The summed E-state index contributed by atoms with van der Waals surface area (Å²) >= 11 is 0. The van der Waals surface area contributed by atoms with Gasteiger partial charge in [-0.15, -0.1) is 5.10 Å². The van der Waals surface area contributed by atoms with Gasteiger partial charge >= 0.3 is 6.18 Å². The van der Waals surface area contributed by atoms with Crippen LogP contribution in [0.2, 0.25) is 0 Å². The van der Waals surface area contributed by atoms with Gasteiger partial charge in [0, 0.05) is 36.6 Å². The van der Waals surface area contributed by atoms with Crippen molar-refractivity contribution in [3.05, 3.63) is 90.1 Å². The molecule has 4 N–H and O–H groups in total. The lowest BCUT2D eigenvalue weighted by Gasteiger charge is -2.21. The number of benzene rings is 2. The van der Waals surface area contributed by atoms with Crippen molar-refractivity contribution < 1.29 is 55.2 Å². The Morgan fingerprint density at radius 3 is 2.44 bits per heavy atom. The monoisotopic (exact) mass is 900 g/mol. The Morgan fingerprint density at radius 1 is 0.937 bits per heavy atom. The molecule has 23 heteroatoms. The molecule has 0 radical (unpaired) electrons. The Balaban J connectivity index is 0.847. The van der Waals surface area contributed by atoms with Gasteiger partial charge in [-0.3, -0.25) is 19.6 Å². The van der Waals surface area contributed by atoms with Gasteiger partial charge in [0.25, 0.3) is 0 Å². The lowest BCUT2D eigenvalue weighted by atomic mass is 9.90. The summed E-state index contributed by atoms with van der Waals surface area (Å²) in [4.78, 5) is 31.4. The molecule has 338 valence electrons. The van der Waals surface area contributed by atoms with E-state index < -0.39 is 33.1 Å². The van der Waals surface area contributed by atoms with Gasteiger partial charge < -0.3 is 29.4 Å². The van der Waals surface area contributed by atoms with Crippen LogP contribution < -0.4 is 20.1 Å². The van der Waals surface area contributed by atoms with Gasteiger partial charge in [0.05, 0.1) is 87.2 Å². The average Bonchev–Trinajstić information content (AvgIpc) is 3.89. The first-order valence-electron chi connectivity index (χ1n) is 19.8. The highest BCUT2D eigenvalue weighted by molar-refractivity contribution is 7.89. The normalized spacial score (nSPS) is 14.8. The highest BCUT2D eigenvalue weighted by Gasteiger charge is 2.36. The topological polar surface area (TPSA) is 236 Å². The van der Waals surface area contributed by atoms with Gasteiger partial charge in [-0.05, 0) is 62.2 Å². The summed E-state index contributed by atoms with van der Waals surface area (Å²) in [6.45, 7) is 5.37. The van der Waals surface area contributed by atoms with Crippen molar-refractivity contribution in [1.82, 2.24) is 44.8 Å². The fourth-order valence-corrected chi connectivity index (χ4v) is 7.25. The number of nitrogens with zero attached hydrogens (tertiary/aromatic N) is 7. The molecule has 0 aliphatic carbocycles. The molecule has 0 bridgehead atoms. The Hall–Kier alpha value is -5.85. The van der Waals surface area contributed by atoms with Crippen molar-refractivity contribution in [3.63, 3.8) is 0 Å². The lowest BCUT2D eigenvalue weighted by Crippen LogP contribution is -2.39. The lowest BCUT2D eigenvalue weighted by molar-refractivity contribution is -0.137. The minimum Gasteiger partial charge on any atom is -0.491 e. The predicted molar refractivity (Wildman–Crippen MR) is 218 cm³/mol. The Morgan fingerprint density at radius 2 is 1.70 bits per heavy atom. The predicted octanol–water partition coefficient (Wildman–Crippen LogP) is 3.59. The van der Waals surface area contributed by atoms with Gasteiger partial charge in [0.1, 0.15) is 23.6 Å². The van der Waals surface area contributed by atoms with E-state index in [1.54, 1.807) is 42.9 Å². The number of anilines is 2. The molecule has 19 nitrogen and oxygen atoms in total. The molecular formula is C40H47F3N10O9S. The maximum Gasteiger partial charge on any atom is 0.419 e. The van der Waals surface area contributed by atoms with E-state index in [1.807, 2.05) is 6.07 Å². The average molecular weight is 901 g/mol. The maximum atomic E-state index is 13.8. The summed E-state index contributed by atoms with van der Waals surface area (Å²) in [5, 5.41) is 27.4. The zero-order chi connectivity index (χ0) is 45.0. The van der Waals surface area contributed by atoms with Gasteiger partial charge in [-0.2, -0.15) is 18.3 Å². The van der Waals surface area contributed by atoms with Crippen LogP contribution in [0.5, 0.6) is 5.75 Å². The second-order valence-electron chi connectivity index (χ2n) is 14.9. The molecule has 1 aliphatic rings. The van der Waals surface area contributed by atoms with E-state index in [0.717, 1.165) is 5.56 Å². The second-order valence-corrected chi connectivity index (χ2v) is 16.7. The molecule has 1 saturated heterocycles. The molecule has 2 aromatic carbocycles. The second kappa shape index (κ2) is 21.0. The highest BCUT2D eigenvalue weighted by Crippen LogP contribution is 2.36. The molecule has 5 aromatic rings. The van der Waals surface area contributed by atoms with E-state index >= 15 is 0 Å². The summed E-state index contributed by atoms with van der Waals surface area (Å²) in [6.07, 6.45) is 0.919. The van der Waals surface area contributed by atoms with Crippen molar-refractivity contribution in [1.29, 1.82) is 0 Å². The van der Waals surface area contributed by atoms with Crippen LogP contribution in [-0.4, -0.2) is 112 Å². The van der Waals surface area contributed by atoms with Crippen LogP contribution in [0.25, 0.3) is 11.3 Å². The number of hydrogen-bond acceptors (Lipinski definition) is 15. The molecule has 6 rings (SSSR count). The SMILES string of the molecule is CC(C)(O)Cn1cc(-c2nc(Nc3ccc(S(=O)(=O)NCCOCc4cn(CCOCCOCCOc5cccc(C6CCC(=O)NC6=O)c5)nn4)cc3)ncc2C(F)(F)F)cn1. The maximum absolute atomic E-state index is 13.8. The molecule has 0 saturated carbocycles. The molecule has 63 heavy (non-hydrogen) atoms. The molecule has 4 heterocycles. The molecular weight excluding hydrogens is 854 g/mol. The van der Waals surface area contributed by atoms with Crippen LogP contribution in [0.15, 0.2) is 78.2 Å². The Bertz CT molecular complexity index is 2420. The van der Waals surface area contributed by atoms with Crippen LogP contribution in [0, 0.1) is 0 Å². The Kier molecular flexibility index (Phi) is 15.6. The summed E-state index contributed by atoms with van der Waals surface area (Å²) in [5.74, 6) is -0.494. The number of hydrogen-bond donors (Lipinski definition) is 4. The van der Waals surface area contributed by atoms with E-state index in [9.17, 15) is 36.3 Å². The molecule has 1 aliphatic heterocycles. The summed E-state index contributed by atoms with van der Waals surface area (Å²) in [5.41, 5.74) is -0.927. The number of sulfonamides is 1. The minimum absolute atomic E-state index is 0.0369. The van der Waals surface area contributed by atoms with E-state index in [1.165, 1.54) is 41.3 Å². The van der Waals surface area contributed by atoms with Gasteiger partial charge in [-0.1, -0.05) is 17.3 Å². The fraction of sp³-hybridized carbons (Fsp3) is 0.425. The number of nitrogens with one attached hydrogen (secondary N) is 3. The van der Waals surface area contributed by atoms with E-state index in [-0.39, 0.29) is 60.4 Å². The fourth-order valence-electron chi connectivity index (χ4n) is 6.24. The van der Waals surface area contributed by atoms with Crippen molar-refractivity contribution in [2.45, 2.75) is 69.0 Å². The number of rotatable bonds is 23. The van der Waals surface area contributed by atoms with Crippen LogP contribution in [-0.2, 0) is 59.7 Å². The van der Waals surface area contributed by atoms with Crippen molar-refractivity contribution in [2.75, 3.05) is 51.5 Å². The number of carbonyl (C=O) groups is 2. The molecule has 2 amide bonds. The number of ether oxygens (including phenoxy) is 4. The first-order valence-corrected chi connectivity index (χ1v) is 21.3. The van der Waals surface area contributed by atoms with Crippen molar-refractivity contribution in [2.24, 2.45) is 0 Å². The minimum atomic E-state index is -4.75. The van der Waals surface area contributed by atoms with E-state index in [4.69, 9.17) is 18.9 Å². The van der Waals surface area contributed by atoms with Crippen LogP contribution in [0.1, 0.15) is 49.4 Å². The van der Waals surface area contributed by atoms with Crippen LogP contribution in [0.3, 0.4) is 0 Å². The summed E-state index contributed by atoms with van der Waals surface area (Å²) < 4.78 is 95.1. The summed E-state index contributed by atoms with van der Waals surface area (Å²) in [6, 6.07) is 12.7. The molecule has 1 fully saturated rings. The number of aromatic nitrogens is 7. The van der Waals surface area contributed by atoms with E-state index in [0.29, 0.717) is 75.7 Å². The number of alkyl halides is 3. The van der Waals surface area contributed by atoms with Crippen molar-refractivity contribution >= 4 is 33.5 Å². The molecule has 3 aromatic heterocycles. The number of amides is 2. The largest absolute Gasteiger partial charge is 0.491 e. The quantitative estimate of drug-likeness (QED) is 0.0542. The third-order valence-corrected chi connectivity index (χ3v) is 10.7.